The van der Waals surface area contributed by atoms with Gasteiger partial charge in [0.15, 0.2) is 0 Å². The number of carbonyl (C=O) groups is 3. The van der Waals surface area contributed by atoms with Gasteiger partial charge in [-0.05, 0) is 12.8 Å². The topological polar surface area (TPSA) is 119 Å². The molecular formula is C22H27N5O5. The zero-order valence-electron chi connectivity index (χ0n) is 18.0. The van der Waals surface area contributed by atoms with Gasteiger partial charge in [0.2, 0.25) is 5.91 Å². The van der Waals surface area contributed by atoms with Gasteiger partial charge in [0.1, 0.15) is 5.69 Å². The Kier molecular flexibility index (Phi) is 6.02. The number of H-pyrrole nitrogens is 1. The molecule has 0 radical (unpaired) electrons. The number of likely N-dealkylation sites (tertiary alicyclic amines) is 1. The van der Waals surface area contributed by atoms with Crippen molar-refractivity contribution in [3.8, 4) is 11.3 Å². The predicted molar refractivity (Wildman–Crippen MR) is 117 cm³/mol. The molecule has 10 heteroatoms. The number of hydrogen-bond acceptors (Lipinski definition) is 4. The van der Waals surface area contributed by atoms with Gasteiger partial charge in [-0.25, -0.2) is 9.59 Å². The molecule has 1 aromatic heterocycles. The summed E-state index contributed by atoms with van der Waals surface area (Å²) in [5, 5.41) is 9.16. The molecule has 10 nitrogen and oxygen atoms in total. The van der Waals surface area contributed by atoms with Crippen LogP contribution in [0.25, 0.3) is 11.3 Å². The number of rotatable bonds is 3. The Balaban J connectivity index is 1.71. The first-order chi connectivity index (χ1) is 15.4. The summed E-state index contributed by atoms with van der Waals surface area (Å²) >= 11 is 0. The van der Waals surface area contributed by atoms with Crippen LogP contribution in [0.2, 0.25) is 0 Å². The van der Waals surface area contributed by atoms with E-state index >= 15 is 0 Å². The largest absolute Gasteiger partial charge is 0.465 e. The number of nitrogens with one attached hydrogen (secondary N) is 1. The summed E-state index contributed by atoms with van der Waals surface area (Å²) in [6, 6.07) is 9.02. The van der Waals surface area contributed by atoms with Crippen molar-refractivity contribution in [1.29, 1.82) is 0 Å². The fraction of sp³-hybridized carbons (Fsp3) is 0.455. The SMILES string of the molecule is CC(=O)N1CCCC(n2c(-c3ccccc3)c(C(=O)N3CCN(C(=O)O)CC3)[nH]c2=O)C1. The Morgan fingerprint density at radius 1 is 0.969 bits per heavy atom. The zero-order valence-corrected chi connectivity index (χ0v) is 18.0. The molecule has 1 atom stereocenters. The van der Waals surface area contributed by atoms with Crippen LogP contribution in [0.4, 0.5) is 4.79 Å². The molecule has 0 aliphatic carbocycles. The van der Waals surface area contributed by atoms with Crippen molar-refractivity contribution in [3.63, 3.8) is 0 Å². The summed E-state index contributed by atoms with van der Waals surface area (Å²) < 4.78 is 1.62. The maximum Gasteiger partial charge on any atom is 0.407 e. The summed E-state index contributed by atoms with van der Waals surface area (Å²) in [5.74, 6) is -0.365. The molecule has 0 bridgehead atoms. The molecule has 2 saturated heterocycles. The van der Waals surface area contributed by atoms with Crippen molar-refractivity contribution in [2.24, 2.45) is 0 Å². The van der Waals surface area contributed by atoms with Crippen molar-refractivity contribution in [2.45, 2.75) is 25.8 Å². The summed E-state index contributed by atoms with van der Waals surface area (Å²) in [6.45, 7) is 3.56. The molecule has 170 valence electrons. The molecule has 1 unspecified atom stereocenters. The van der Waals surface area contributed by atoms with E-state index in [9.17, 15) is 19.2 Å². The summed E-state index contributed by atoms with van der Waals surface area (Å²) in [7, 11) is 0. The normalized spacial score (nSPS) is 19.2. The zero-order chi connectivity index (χ0) is 22.8. The minimum atomic E-state index is -1.01. The molecule has 4 rings (SSSR count). The van der Waals surface area contributed by atoms with E-state index in [2.05, 4.69) is 4.98 Å². The second-order valence-electron chi connectivity index (χ2n) is 8.21. The molecule has 0 spiro atoms. The van der Waals surface area contributed by atoms with E-state index in [1.54, 1.807) is 14.4 Å². The third-order valence-electron chi connectivity index (χ3n) is 6.23. The van der Waals surface area contributed by atoms with Crippen molar-refractivity contribution >= 4 is 17.9 Å². The first kappa shape index (κ1) is 21.7. The number of benzene rings is 1. The van der Waals surface area contributed by atoms with E-state index in [-0.39, 0.29) is 55.4 Å². The van der Waals surface area contributed by atoms with Gasteiger partial charge in [0, 0.05) is 51.8 Å². The molecule has 2 fully saturated rings. The first-order valence-corrected chi connectivity index (χ1v) is 10.8. The van der Waals surface area contributed by atoms with Crippen LogP contribution >= 0.6 is 0 Å². The first-order valence-electron chi connectivity index (χ1n) is 10.8. The van der Waals surface area contributed by atoms with Gasteiger partial charge in [-0.2, -0.15) is 0 Å². The van der Waals surface area contributed by atoms with E-state index in [4.69, 9.17) is 5.11 Å². The van der Waals surface area contributed by atoms with E-state index in [0.29, 0.717) is 18.8 Å². The maximum atomic E-state index is 13.4. The van der Waals surface area contributed by atoms with Crippen molar-refractivity contribution in [1.82, 2.24) is 24.3 Å². The Morgan fingerprint density at radius 2 is 1.62 bits per heavy atom. The van der Waals surface area contributed by atoms with Crippen molar-refractivity contribution in [3.05, 3.63) is 46.5 Å². The van der Waals surface area contributed by atoms with Gasteiger partial charge in [-0.1, -0.05) is 30.3 Å². The number of aromatic amines is 1. The van der Waals surface area contributed by atoms with Gasteiger partial charge < -0.3 is 24.8 Å². The molecule has 2 aliphatic heterocycles. The molecule has 0 saturated carbocycles. The summed E-state index contributed by atoms with van der Waals surface area (Å²) in [4.78, 5) is 56.9. The van der Waals surface area contributed by atoms with E-state index in [1.807, 2.05) is 30.3 Å². The van der Waals surface area contributed by atoms with Gasteiger partial charge in [0.25, 0.3) is 5.91 Å². The van der Waals surface area contributed by atoms with Crippen LogP contribution in [0.1, 0.15) is 36.3 Å². The summed E-state index contributed by atoms with van der Waals surface area (Å²) in [6.07, 6.45) is 0.497. The fourth-order valence-corrected chi connectivity index (χ4v) is 4.54. The number of aromatic nitrogens is 2. The van der Waals surface area contributed by atoms with Gasteiger partial charge in [0.05, 0.1) is 11.7 Å². The molecule has 3 amide bonds. The van der Waals surface area contributed by atoms with Crippen molar-refractivity contribution < 1.29 is 19.5 Å². The molecule has 2 aromatic rings. The second kappa shape index (κ2) is 8.89. The number of nitrogens with zero attached hydrogens (tertiary/aromatic N) is 4. The highest BCUT2D eigenvalue weighted by molar-refractivity contribution is 5.98. The quantitative estimate of drug-likeness (QED) is 0.748. The van der Waals surface area contributed by atoms with Crippen LogP contribution in [0.3, 0.4) is 0 Å². The number of imidazole rings is 1. The molecule has 1 aromatic carbocycles. The Hall–Kier alpha value is -3.56. The number of amides is 3. The molecular weight excluding hydrogens is 414 g/mol. The minimum absolute atomic E-state index is 0.0350. The number of piperazine rings is 1. The predicted octanol–water partition coefficient (Wildman–Crippen LogP) is 1.46. The molecule has 3 heterocycles. The number of piperidine rings is 1. The number of carboxylic acid groups (broad SMARTS) is 1. The maximum absolute atomic E-state index is 13.4. The highest BCUT2D eigenvalue weighted by Crippen LogP contribution is 2.30. The van der Waals surface area contributed by atoms with E-state index in [0.717, 1.165) is 18.4 Å². The average molecular weight is 441 g/mol. The number of hydrogen-bond donors (Lipinski definition) is 2. The fourth-order valence-electron chi connectivity index (χ4n) is 4.54. The monoisotopic (exact) mass is 441 g/mol. The smallest absolute Gasteiger partial charge is 0.407 e. The van der Waals surface area contributed by atoms with E-state index in [1.165, 1.54) is 11.8 Å². The van der Waals surface area contributed by atoms with Crippen molar-refractivity contribution in [2.75, 3.05) is 39.3 Å². The Morgan fingerprint density at radius 3 is 2.25 bits per heavy atom. The van der Waals surface area contributed by atoms with Crippen LogP contribution in [-0.4, -0.2) is 86.5 Å². The van der Waals surface area contributed by atoms with Crippen LogP contribution < -0.4 is 5.69 Å². The highest BCUT2D eigenvalue weighted by Gasteiger charge is 2.32. The minimum Gasteiger partial charge on any atom is -0.465 e. The molecule has 2 N–H and O–H groups in total. The van der Waals surface area contributed by atoms with Crippen LogP contribution in [0, 0.1) is 0 Å². The Bertz CT molecular complexity index is 1070. The van der Waals surface area contributed by atoms with Gasteiger partial charge >= 0.3 is 11.8 Å². The van der Waals surface area contributed by atoms with Crippen LogP contribution in [0.5, 0.6) is 0 Å². The average Bonchev–Trinajstić information content (AvgIpc) is 3.16. The van der Waals surface area contributed by atoms with Crippen LogP contribution in [-0.2, 0) is 4.79 Å². The highest BCUT2D eigenvalue weighted by atomic mass is 16.4. The lowest BCUT2D eigenvalue weighted by Crippen LogP contribution is -2.50. The van der Waals surface area contributed by atoms with Crippen LogP contribution in [0.15, 0.2) is 35.1 Å². The van der Waals surface area contributed by atoms with Gasteiger partial charge in [-0.3, -0.25) is 14.2 Å². The lowest BCUT2D eigenvalue weighted by Gasteiger charge is -2.34. The lowest BCUT2D eigenvalue weighted by atomic mass is 10.0. The third kappa shape index (κ3) is 4.12. The third-order valence-corrected chi connectivity index (χ3v) is 6.23. The standard InChI is InChI=1S/C22H27N5O5/c1-15(28)26-9-5-8-17(14-26)27-19(16-6-3-2-4-7-16)18(23-21(27)30)20(29)24-10-12-25(13-11-24)22(31)32/h2-4,6-7,17H,5,8-14H2,1H3,(H,23,30)(H,31,32). The molecule has 32 heavy (non-hydrogen) atoms. The Labute approximate surface area is 185 Å². The van der Waals surface area contributed by atoms with Gasteiger partial charge in [-0.15, -0.1) is 0 Å². The second-order valence-corrected chi connectivity index (χ2v) is 8.21. The van der Waals surface area contributed by atoms with E-state index < -0.39 is 6.09 Å². The lowest BCUT2D eigenvalue weighted by molar-refractivity contribution is -0.130. The molecule has 2 aliphatic rings. The number of carbonyl (C=O) groups excluding carboxylic acids is 2. The summed E-state index contributed by atoms with van der Waals surface area (Å²) in [5.41, 5.74) is 1.06.